The molecule has 1 saturated carbocycles. The second kappa shape index (κ2) is 3.56. The standard InChI is InChI=1S/C10H19NO/c1-3-4-8(2)7-9(12)10(11)5-6-10/h8H,3-7,11H2,1-2H3. The maximum Gasteiger partial charge on any atom is 0.152 e. The van der Waals surface area contributed by atoms with E-state index in [9.17, 15) is 4.79 Å². The van der Waals surface area contributed by atoms with Gasteiger partial charge in [-0.15, -0.1) is 0 Å². The third-order valence-electron chi connectivity index (χ3n) is 2.66. The summed E-state index contributed by atoms with van der Waals surface area (Å²) in [5.74, 6) is 0.798. The zero-order chi connectivity index (χ0) is 9.19. The molecule has 2 nitrogen and oxygen atoms in total. The predicted octanol–water partition coefficient (Wildman–Crippen LogP) is 1.87. The highest BCUT2D eigenvalue weighted by atomic mass is 16.1. The van der Waals surface area contributed by atoms with Crippen molar-refractivity contribution in [3.8, 4) is 0 Å². The van der Waals surface area contributed by atoms with Gasteiger partial charge in [0.05, 0.1) is 5.54 Å². The van der Waals surface area contributed by atoms with Crippen molar-refractivity contribution in [2.45, 2.75) is 51.5 Å². The molecule has 1 atom stereocenters. The van der Waals surface area contributed by atoms with E-state index in [2.05, 4.69) is 13.8 Å². The van der Waals surface area contributed by atoms with Crippen LogP contribution in [-0.2, 0) is 4.79 Å². The summed E-state index contributed by atoms with van der Waals surface area (Å²) in [7, 11) is 0. The van der Waals surface area contributed by atoms with Crippen LogP contribution >= 0.6 is 0 Å². The monoisotopic (exact) mass is 169 g/mol. The molecule has 1 unspecified atom stereocenters. The third kappa shape index (κ3) is 2.31. The molecule has 0 aromatic carbocycles. The van der Waals surface area contributed by atoms with Crippen LogP contribution in [0.2, 0.25) is 0 Å². The van der Waals surface area contributed by atoms with E-state index < -0.39 is 5.54 Å². The second-order valence-corrected chi connectivity index (χ2v) is 4.18. The van der Waals surface area contributed by atoms with E-state index in [4.69, 9.17) is 5.73 Å². The fourth-order valence-electron chi connectivity index (χ4n) is 1.53. The molecule has 0 aromatic rings. The van der Waals surface area contributed by atoms with Crippen molar-refractivity contribution in [2.75, 3.05) is 0 Å². The van der Waals surface area contributed by atoms with Crippen molar-refractivity contribution in [2.24, 2.45) is 11.7 Å². The van der Waals surface area contributed by atoms with Gasteiger partial charge in [-0.2, -0.15) is 0 Å². The van der Waals surface area contributed by atoms with Gasteiger partial charge in [-0.25, -0.2) is 0 Å². The van der Waals surface area contributed by atoms with Crippen molar-refractivity contribution >= 4 is 5.78 Å². The van der Waals surface area contributed by atoms with Crippen LogP contribution < -0.4 is 5.73 Å². The molecule has 1 aliphatic carbocycles. The van der Waals surface area contributed by atoms with Crippen LogP contribution in [0.15, 0.2) is 0 Å². The van der Waals surface area contributed by atoms with Crippen molar-refractivity contribution < 1.29 is 4.79 Å². The van der Waals surface area contributed by atoms with E-state index in [0.717, 1.165) is 25.7 Å². The molecule has 0 spiro atoms. The lowest BCUT2D eigenvalue weighted by Gasteiger charge is -2.12. The van der Waals surface area contributed by atoms with Crippen molar-refractivity contribution in [3.63, 3.8) is 0 Å². The number of carbonyl (C=O) groups excluding carboxylic acids is 1. The first kappa shape index (κ1) is 9.72. The lowest BCUT2D eigenvalue weighted by molar-refractivity contribution is -0.122. The summed E-state index contributed by atoms with van der Waals surface area (Å²) in [5, 5.41) is 0. The number of carbonyl (C=O) groups is 1. The van der Waals surface area contributed by atoms with Gasteiger partial charge in [0.15, 0.2) is 5.78 Å². The summed E-state index contributed by atoms with van der Waals surface area (Å²) in [6.07, 6.45) is 4.80. The lowest BCUT2D eigenvalue weighted by atomic mass is 9.96. The molecule has 12 heavy (non-hydrogen) atoms. The first-order valence-electron chi connectivity index (χ1n) is 4.90. The molecule has 1 rings (SSSR count). The summed E-state index contributed by atoms with van der Waals surface area (Å²) < 4.78 is 0. The molecular weight excluding hydrogens is 150 g/mol. The summed E-state index contributed by atoms with van der Waals surface area (Å²) >= 11 is 0. The Bertz CT molecular complexity index is 173. The zero-order valence-corrected chi connectivity index (χ0v) is 8.10. The Hall–Kier alpha value is -0.370. The van der Waals surface area contributed by atoms with Crippen LogP contribution in [-0.4, -0.2) is 11.3 Å². The van der Waals surface area contributed by atoms with Gasteiger partial charge in [0.25, 0.3) is 0 Å². The number of rotatable bonds is 5. The summed E-state index contributed by atoms with van der Waals surface area (Å²) in [4.78, 5) is 11.5. The largest absolute Gasteiger partial charge is 0.319 e. The normalized spacial score (nSPS) is 21.9. The van der Waals surface area contributed by atoms with Crippen molar-refractivity contribution in [3.05, 3.63) is 0 Å². The van der Waals surface area contributed by atoms with Gasteiger partial charge in [-0.1, -0.05) is 26.7 Å². The molecule has 0 saturated heterocycles. The molecule has 0 aliphatic heterocycles. The van der Waals surface area contributed by atoms with Crippen LogP contribution in [0.4, 0.5) is 0 Å². The van der Waals surface area contributed by atoms with Crippen LogP contribution in [0.3, 0.4) is 0 Å². The fourth-order valence-corrected chi connectivity index (χ4v) is 1.53. The first-order chi connectivity index (χ1) is 5.58. The summed E-state index contributed by atoms with van der Waals surface area (Å²) in [5.41, 5.74) is 5.38. The minimum absolute atomic E-state index is 0.281. The van der Waals surface area contributed by atoms with Gasteiger partial charge in [0.2, 0.25) is 0 Å². The molecule has 1 aliphatic rings. The van der Waals surface area contributed by atoms with Crippen molar-refractivity contribution in [1.82, 2.24) is 0 Å². The van der Waals surface area contributed by atoms with Gasteiger partial charge in [0.1, 0.15) is 0 Å². The quantitative estimate of drug-likeness (QED) is 0.682. The molecule has 1 fully saturated rings. The number of ketones is 1. The van der Waals surface area contributed by atoms with E-state index in [-0.39, 0.29) is 5.78 Å². The van der Waals surface area contributed by atoms with Gasteiger partial charge < -0.3 is 5.73 Å². The Morgan fingerprint density at radius 3 is 2.58 bits per heavy atom. The highest BCUT2D eigenvalue weighted by molar-refractivity contribution is 5.91. The Kier molecular flexibility index (Phi) is 2.89. The zero-order valence-electron chi connectivity index (χ0n) is 8.10. The van der Waals surface area contributed by atoms with E-state index in [1.54, 1.807) is 0 Å². The molecule has 0 bridgehead atoms. The van der Waals surface area contributed by atoms with Gasteiger partial charge in [-0.05, 0) is 18.8 Å². The number of hydrogen-bond donors (Lipinski definition) is 1. The predicted molar refractivity (Wildman–Crippen MR) is 49.8 cm³/mol. The number of nitrogens with two attached hydrogens (primary N) is 1. The van der Waals surface area contributed by atoms with E-state index in [1.807, 2.05) is 0 Å². The van der Waals surface area contributed by atoms with E-state index in [1.165, 1.54) is 0 Å². The van der Waals surface area contributed by atoms with E-state index in [0.29, 0.717) is 12.3 Å². The van der Waals surface area contributed by atoms with Crippen LogP contribution in [0.1, 0.15) is 46.0 Å². The minimum atomic E-state index is -0.401. The molecule has 0 radical (unpaired) electrons. The average Bonchev–Trinajstić information content (AvgIpc) is 2.69. The Morgan fingerprint density at radius 1 is 1.58 bits per heavy atom. The lowest BCUT2D eigenvalue weighted by Crippen LogP contribution is -2.33. The van der Waals surface area contributed by atoms with Crippen LogP contribution in [0.5, 0.6) is 0 Å². The highest BCUT2D eigenvalue weighted by Crippen LogP contribution is 2.35. The SMILES string of the molecule is CCCC(C)CC(=O)C1(N)CC1. The molecule has 70 valence electrons. The summed E-state index contributed by atoms with van der Waals surface area (Å²) in [6, 6.07) is 0. The molecular formula is C10H19NO. The van der Waals surface area contributed by atoms with Gasteiger partial charge >= 0.3 is 0 Å². The number of hydrogen-bond acceptors (Lipinski definition) is 2. The van der Waals surface area contributed by atoms with Gasteiger partial charge in [-0.3, -0.25) is 4.79 Å². The maximum atomic E-state index is 11.5. The van der Waals surface area contributed by atoms with Crippen molar-refractivity contribution in [1.29, 1.82) is 0 Å². The molecule has 0 heterocycles. The Balaban J connectivity index is 2.26. The molecule has 0 amide bonds. The minimum Gasteiger partial charge on any atom is -0.319 e. The van der Waals surface area contributed by atoms with E-state index >= 15 is 0 Å². The van der Waals surface area contributed by atoms with Crippen LogP contribution in [0, 0.1) is 5.92 Å². The third-order valence-corrected chi connectivity index (χ3v) is 2.66. The Morgan fingerprint density at radius 2 is 2.17 bits per heavy atom. The highest BCUT2D eigenvalue weighted by Gasteiger charge is 2.45. The summed E-state index contributed by atoms with van der Waals surface area (Å²) in [6.45, 7) is 4.28. The average molecular weight is 169 g/mol. The first-order valence-corrected chi connectivity index (χ1v) is 4.90. The van der Waals surface area contributed by atoms with Crippen LogP contribution in [0.25, 0.3) is 0 Å². The fraction of sp³-hybridized carbons (Fsp3) is 0.900. The van der Waals surface area contributed by atoms with Gasteiger partial charge in [0, 0.05) is 6.42 Å². The Labute approximate surface area is 74.5 Å². The molecule has 0 aromatic heterocycles. The molecule has 2 N–H and O–H groups in total. The topological polar surface area (TPSA) is 43.1 Å². The maximum absolute atomic E-state index is 11.5. The smallest absolute Gasteiger partial charge is 0.152 e. The second-order valence-electron chi connectivity index (χ2n) is 4.18. The molecule has 2 heteroatoms. The number of Topliss-reactive ketones (excluding diaryl/α,β-unsaturated/α-hetero) is 1.